The molecule has 3 aromatic rings. The highest BCUT2D eigenvalue weighted by Crippen LogP contribution is 2.22. The Balaban J connectivity index is 1.95. The Morgan fingerprint density at radius 1 is 1.05 bits per heavy atom. The Kier molecular flexibility index (Phi) is 3.21. The Morgan fingerprint density at radius 3 is 2.60 bits per heavy atom. The zero-order valence-corrected chi connectivity index (χ0v) is 11.4. The fourth-order valence-electron chi connectivity index (χ4n) is 2.00. The summed E-state index contributed by atoms with van der Waals surface area (Å²) in [4.78, 5) is 0. The number of hydrogen-bond acceptors (Lipinski definition) is 3. The quantitative estimate of drug-likeness (QED) is 0.729. The SMILES string of the molecule is COc1cccc(-c2cn(-c3ccc(C)cc3)nn2)c1. The highest BCUT2D eigenvalue weighted by Gasteiger charge is 2.06. The molecule has 4 heteroatoms. The normalized spacial score (nSPS) is 10.5. The molecule has 1 heterocycles. The van der Waals surface area contributed by atoms with E-state index < -0.39 is 0 Å². The first kappa shape index (κ1) is 12.4. The molecule has 0 aliphatic carbocycles. The van der Waals surface area contributed by atoms with Gasteiger partial charge in [0, 0.05) is 5.56 Å². The third-order valence-corrected chi connectivity index (χ3v) is 3.16. The summed E-state index contributed by atoms with van der Waals surface area (Å²) in [5.74, 6) is 0.812. The fraction of sp³-hybridized carbons (Fsp3) is 0.125. The highest BCUT2D eigenvalue weighted by molar-refractivity contribution is 5.60. The highest BCUT2D eigenvalue weighted by atomic mass is 16.5. The lowest BCUT2D eigenvalue weighted by Gasteiger charge is -2.01. The van der Waals surface area contributed by atoms with Gasteiger partial charge in [-0.25, -0.2) is 4.68 Å². The number of methoxy groups -OCH3 is 1. The molecule has 0 bridgehead atoms. The minimum atomic E-state index is 0.812. The van der Waals surface area contributed by atoms with Gasteiger partial charge >= 0.3 is 0 Å². The summed E-state index contributed by atoms with van der Waals surface area (Å²) < 4.78 is 7.00. The van der Waals surface area contributed by atoms with Gasteiger partial charge in [-0.15, -0.1) is 5.10 Å². The molecular formula is C16H15N3O. The smallest absolute Gasteiger partial charge is 0.119 e. The number of benzene rings is 2. The van der Waals surface area contributed by atoms with Crippen LogP contribution in [0.25, 0.3) is 16.9 Å². The summed E-state index contributed by atoms with van der Waals surface area (Å²) in [7, 11) is 1.66. The van der Waals surface area contributed by atoms with Gasteiger partial charge in [0.15, 0.2) is 0 Å². The molecule has 100 valence electrons. The van der Waals surface area contributed by atoms with E-state index in [1.54, 1.807) is 11.8 Å². The molecule has 0 saturated carbocycles. The molecule has 4 nitrogen and oxygen atoms in total. The van der Waals surface area contributed by atoms with Gasteiger partial charge in [0.25, 0.3) is 0 Å². The van der Waals surface area contributed by atoms with Crippen LogP contribution in [0.4, 0.5) is 0 Å². The number of nitrogens with zero attached hydrogens (tertiary/aromatic N) is 3. The van der Waals surface area contributed by atoms with Crippen molar-refractivity contribution in [1.82, 2.24) is 15.0 Å². The van der Waals surface area contributed by atoms with Crippen LogP contribution < -0.4 is 4.74 Å². The maximum absolute atomic E-state index is 5.23. The molecule has 0 N–H and O–H groups in total. The van der Waals surface area contributed by atoms with Crippen molar-refractivity contribution in [1.29, 1.82) is 0 Å². The van der Waals surface area contributed by atoms with E-state index in [4.69, 9.17) is 4.74 Å². The minimum absolute atomic E-state index is 0.812. The molecule has 0 saturated heterocycles. The molecule has 20 heavy (non-hydrogen) atoms. The van der Waals surface area contributed by atoms with Crippen LogP contribution in [-0.2, 0) is 0 Å². The Bertz CT molecular complexity index is 717. The van der Waals surface area contributed by atoms with E-state index in [0.29, 0.717) is 0 Å². The van der Waals surface area contributed by atoms with Gasteiger partial charge in [0.05, 0.1) is 19.0 Å². The second kappa shape index (κ2) is 5.17. The molecule has 0 unspecified atom stereocenters. The third-order valence-electron chi connectivity index (χ3n) is 3.16. The Morgan fingerprint density at radius 2 is 1.85 bits per heavy atom. The van der Waals surface area contributed by atoms with Crippen molar-refractivity contribution < 1.29 is 4.74 Å². The summed E-state index contributed by atoms with van der Waals surface area (Å²) in [6, 6.07) is 16.0. The second-order valence-electron chi connectivity index (χ2n) is 4.62. The van der Waals surface area contributed by atoms with Gasteiger partial charge in [-0.1, -0.05) is 35.0 Å². The van der Waals surface area contributed by atoms with Crippen LogP contribution in [0.1, 0.15) is 5.56 Å². The van der Waals surface area contributed by atoms with Crippen molar-refractivity contribution in [3.8, 4) is 22.7 Å². The van der Waals surface area contributed by atoms with Crippen LogP contribution >= 0.6 is 0 Å². The van der Waals surface area contributed by atoms with Crippen molar-refractivity contribution in [2.75, 3.05) is 7.11 Å². The lowest BCUT2D eigenvalue weighted by atomic mass is 10.1. The van der Waals surface area contributed by atoms with Crippen LogP contribution in [0.3, 0.4) is 0 Å². The summed E-state index contributed by atoms with van der Waals surface area (Å²) in [5, 5.41) is 8.39. The molecular weight excluding hydrogens is 250 g/mol. The number of aromatic nitrogens is 3. The van der Waals surface area contributed by atoms with Crippen molar-refractivity contribution in [2.45, 2.75) is 6.92 Å². The molecule has 0 aliphatic rings. The summed E-state index contributed by atoms with van der Waals surface area (Å²) in [6.45, 7) is 2.06. The monoisotopic (exact) mass is 265 g/mol. The summed E-state index contributed by atoms with van der Waals surface area (Å²) in [6.07, 6.45) is 1.92. The summed E-state index contributed by atoms with van der Waals surface area (Å²) in [5.41, 5.74) is 4.03. The van der Waals surface area contributed by atoms with Crippen molar-refractivity contribution in [2.24, 2.45) is 0 Å². The van der Waals surface area contributed by atoms with Crippen molar-refractivity contribution in [3.63, 3.8) is 0 Å². The first-order valence-corrected chi connectivity index (χ1v) is 6.40. The van der Waals surface area contributed by atoms with Crippen LogP contribution in [0.5, 0.6) is 5.75 Å². The van der Waals surface area contributed by atoms with Gasteiger partial charge in [0.2, 0.25) is 0 Å². The van der Waals surface area contributed by atoms with E-state index in [1.807, 2.05) is 42.6 Å². The van der Waals surface area contributed by atoms with E-state index in [1.165, 1.54) is 5.56 Å². The van der Waals surface area contributed by atoms with Gasteiger partial charge in [0.1, 0.15) is 11.4 Å². The number of rotatable bonds is 3. The predicted octanol–water partition coefficient (Wildman–Crippen LogP) is 3.25. The maximum atomic E-state index is 5.23. The standard InChI is InChI=1S/C16H15N3O/c1-12-6-8-14(9-7-12)19-11-16(17-18-19)13-4-3-5-15(10-13)20-2/h3-11H,1-2H3. The lowest BCUT2D eigenvalue weighted by molar-refractivity contribution is 0.415. The molecule has 1 aromatic heterocycles. The van der Waals surface area contributed by atoms with E-state index in [2.05, 4.69) is 29.4 Å². The number of aryl methyl sites for hydroxylation is 1. The van der Waals surface area contributed by atoms with Crippen LogP contribution in [0.2, 0.25) is 0 Å². The van der Waals surface area contributed by atoms with Crippen molar-refractivity contribution in [3.05, 3.63) is 60.3 Å². The second-order valence-corrected chi connectivity index (χ2v) is 4.62. The molecule has 0 atom stereocenters. The first-order valence-electron chi connectivity index (χ1n) is 6.40. The molecule has 2 aromatic carbocycles. The summed E-state index contributed by atoms with van der Waals surface area (Å²) >= 11 is 0. The van der Waals surface area contributed by atoms with Gasteiger partial charge in [-0.3, -0.25) is 0 Å². The average Bonchev–Trinajstić information content (AvgIpc) is 2.98. The van der Waals surface area contributed by atoms with Gasteiger partial charge in [-0.05, 0) is 31.2 Å². The lowest BCUT2D eigenvalue weighted by Crippen LogP contribution is -1.94. The molecule has 0 amide bonds. The topological polar surface area (TPSA) is 39.9 Å². The Hall–Kier alpha value is -2.62. The molecule has 0 aliphatic heterocycles. The predicted molar refractivity (Wildman–Crippen MR) is 78.1 cm³/mol. The average molecular weight is 265 g/mol. The zero-order valence-electron chi connectivity index (χ0n) is 11.4. The minimum Gasteiger partial charge on any atom is -0.497 e. The van der Waals surface area contributed by atoms with Crippen LogP contribution in [0, 0.1) is 6.92 Å². The van der Waals surface area contributed by atoms with Crippen molar-refractivity contribution >= 4 is 0 Å². The maximum Gasteiger partial charge on any atom is 0.119 e. The first-order chi connectivity index (χ1) is 9.76. The largest absolute Gasteiger partial charge is 0.497 e. The number of hydrogen-bond donors (Lipinski definition) is 0. The molecule has 0 fully saturated rings. The van der Waals surface area contributed by atoms with E-state index in [0.717, 1.165) is 22.7 Å². The van der Waals surface area contributed by atoms with Gasteiger partial charge in [-0.2, -0.15) is 0 Å². The number of ether oxygens (including phenoxy) is 1. The third kappa shape index (κ3) is 2.40. The molecule has 3 rings (SSSR count). The Labute approximate surface area is 117 Å². The van der Waals surface area contributed by atoms with Crippen LogP contribution in [-0.4, -0.2) is 22.1 Å². The molecule has 0 radical (unpaired) electrons. The zero-order chi connectivity index (χ0) is 13.9. The van der Waals surface area contributed by atoms with Crippen LogP contribution in [0.15, 0.2) is 54.7 Å². The fourth-order valence-corrected chi connectivity index (χ4v) is 2.00. The van der Waals surface area contributed by atoms with Gasteiger partial charge < -0.3 is 4.74 Å². The van der Waals surface area contributed by atoms with E-state index >= 15 is 0 Å². The van der Waals surface area contributed by atoms with E-state index in [9.17, 15) is 0 Å². The van der Waals surface area contributed by atoms with E-state index in [-0.39, 0.29) is 0 Å². The molecule has 0 spiro atoms.